The third-order valence-corrected chi connectivity index (χ3v) is 1.85. The summed E-state index contributed by atoms with van der Waals surface area (Å²) in [5, 5.41) is 0. The Morgan fingerprint density at radius 1 is 1.50 bits per heavy atom. The van der Waals surface area contributed by atoms with Crippen molar-refractivity contribution in [2.75, 3.05) is 0 Å². The summed E-state index contributed by atoms with van der Waals surface area (Å²) in [4.78, 5) is 11.0. The molecule has 0 fully saturated rings. The van der Waals surface area contributed by atoms with Gasteiger partial charge in [-0.2, -0.15) is 0 Å². The van der Waals surface area contributed by atoms with Gasteiger partial charge in [0.05, 0.1) is 0 Å². The smallest absolute Gasteiger partial charge is 0.160 e. The second-order valence-electron chi connectivity index (χ2n) is 2.68. The second-order valence-corrected chi connectivity index (χ2v) is 2.68. The van der Waals surface area contributed by atoms with Crippen LogP contribution in [0.1, 0.15) is 29.8 Å². The summed E-state index contributed by atoms with van der Waals surface area (Å²) in [7, 11) is 0. The number of hydrogen-bond acceptors (Lipinski definition) is 1. The van der Waals surface area contributed by atoms with Crippen LogP contribution in [-0.2, 0) is 6.42 Å². The molecule has 0 unspecified atom stereocenters. The Bertz CT molecular complexity index is 305. The Kier molecular flexibility index (Phi) is 2.58. The van der Waals surface area contributed by atoms with Crippen molar-refractivity contribution in [1.29, 1.82) is 0 Å². The molecule has 2 heteroatoms. The number of rotatable bonds is 2. The van der Waals surface area contributed by atoms with Crippen LogP contribution in [0, 0.1) is 5.82 Å². The first-order valence-electron chi connectivity index (χ1n) is 3.95. The topological polar surface area (TPSA) is 17.1 Å². The number of hydrogen-bond donors (Lipinski definition) is 0. The summed E-state index contributed by atoms with van der Waals surface area (Å²) in [6, 6.07) is 4.60. The van der Waals surface area contributed by atoms with E-state index in [0.29, 0.717) is 17.5 Å². The predicted molar refractivity (Wildman–Crippen MR) is 45.8 cm³/mol. The molecule has 0 aliphatic rings. The minimum absolute atomic E-state index is 0.0775. The Morgan fingerprint density at radius 3 is 2.58 bits per heavy atom. The lowest BCUT2D eigenvalue weighted by Crippen LogP contribution is -2.00. The normalized spacial score (nSPS) is 9.92. The van der Waals surface area contributed by atoms with E-state index in [0.717, 1.165) is 0 Å². The Morgan fingerprint density at radius 2 is 2.17 bits per heavy atom. The lowest BCUT2D eigenvalue weighted by atomic mass is 10.0. The maximum Gasteiger partial charge on any atom is 0.160 e. The molecule has 0 aromatic heterocycles. The van der Waals surface area contributed by atoms with Crippen molar-refractivity contribution in [3.05, 3.63) is 35.1 Å². The molecule has 1 rings (SSSR count). The molecular weight excluding hydrogens is 155 g/mol. The van der Waals surface area contributed by atoms with Gasteiger partial charge in [-0.05, 0) is 25.0 Å². The van der Waals surface area contributed by atoms with Crippen molar-refractivity contribution in [3.8, 4) is 0 Å². The SMILES string of the molecule is CCc1c(F)cccc1C(C)=O. The van der Waals surface area contributed by atoms with E-state index in [1.165, 1.54) is 13.0 Å². The van der Waals surface area contributed by atoms with Crippen molar-refractivity contribution < 1.29 is 9.18 Å². The van der Waals surface area contributed by atoms with E-state index < -0.39 is 0 Å². The number of Topliss-reactive ketones (excluding diaryl/α,β-unsaturated/α-hetero) is 1. The summed E-state index contributed by atoms with van der Waals surface area (Å²) in [5.41, 5.74) is 1.02. The highest BCUT2D eigenvalue weighted by molar-refractivity contribution is 5.95. The molecule has 1 nitrogen and oxygen atoms in total. The largest absolute Gasteiger partial charge is 0.294 e. The first-order valence-corrected chi connectivity index (χ1v) is 3.95. The fourth-order valence-corrected chi connectivity index (χ4v) is 1.25. The van der Waals surface area contributed by atoms with Gasteiger partial charge in [0.25, 0.3) is 0 Å². The number of ketones is 1. The molecule has 0 radical (unpaired) electrons. The average Bonchev–Trinajstić information content (AvgIpc) is 2.03. The zero-order valence-electron chi connectivity index (χ0n) is 7.23. The molecule has 0 N–H and O–H groups in total. The molecule has 0 bridgehead atoms. The van der Waals surface area contributed by atoms with Gasteiger partial charge in [0, 0.05) is 5.56 Å². The highest BCUT2D eigenvalue weighted by Crippen LogP contribution is 2.14. The van der Waals surface area contributed by atoms with Crippen LogP contribution in [0.4, 0.5) is 4.39 Å². The second kappa shape index (κ2) is 3.48. The van der Waals surface area contributed by atoms with Crippen molar-refractivity contribution in [3.63, 3.8) is 0 Å². The van der Waals surface area contributed by atoms with Crippen LogP contribution in [-0.4, -0.2) is 5.78 Å². The zero-order chi connectivity index (χ0) is 9.14. The minimum Gasteiger partial charge on any atom is -0.294 e. The molecule has 1 aromatic carbocycles. The molecule has 0 saturated carbocycles. The standard InChI is InChI=1S/C10H11FO/c1-3-8-9(7(2)12)5-4-6-10(8)11/h4-6H,3H2,1-2H3. The Hall–Kier alpha value is -1.18. The van der Waals surface area contributed by atoms with E-state index in [-0.39, 0.29) is 11.6 Å². The van der Waals surface area contributed by atoms with Crippen LogP contribution < -0.4 is 0 Å². The number of benzene rings is 1. The Labute approximate surface area is 71.2 Å². The van der Waals surface area contributed by atoms with Crippen LogP contribution in [0.2, 0.25) is 0 Å². The van der Waals surface area contributed by atoms with Gasteiger partial charge in [0.15, 0.2) is 5.78 Å². The fourth-order valence-electron chi connectivity index (χ4n) is 1.25. The minimum atomic E-state index is -0.287. The molecule has 0 heterocycles. The van der Waals surface area contributed by atoms with Crippen LogP contribution in [0.25, 0.3) is 0 Å². The summed E-state index contributed by atoms with van der Waals surface area (Å²) < 4.78 is 13.1. The molecule has 0 aliphatic carbocycles. The first-order chi connectivity index (χ1) is 5.66. The van der Waals surface area contributed by atoms with Crippen LogP contribution in [0.5, 0.6) is 0 Å². The van der Waals surface area contributed by atoms with E-state index in [9.17, 15) is 9.18 Å². The van der Waals surface area contributed by atoms with Gasteiger partial charge in [0.1, 0.15) is 5.82 Å². The summed E-state index contributed by atoms with van der Waals surface area (Å²) >= 11 is 0. The molecular formula is C10H11FO. The molecule has 0 amide bonds. The summed E-state index contributed by atoms with van der Waals surface area (Å²) in [5.74, 6) is -0.364. The third kappa shape index (κ3) is 1.52. The Balaban J connectivity index is 3.27. The number of carbonyl (C=O) groups is 1. The quantitative estimate of drug-likeness (QED) is 0.617. The van der Waals surface area contributed by atoms with Crippen molar-refractivity contribution >= 4 is 5.78 Å². The van der Waals surface area contributed by atoms with Crippen LogP contribution >= 0.6 is 0 Å². The van der Waals surface area contributed by atoms with Gasteiger partial charge in [-0.3, -0.25) is 4.79 Å². The van der Waals surface area contributed by atoms with E-state index in [1.54, 1.807) is 12.1 Å². The van der Waals surface area contributed by atoms with E-state index in [2.05, 4.69) is 0 Å². The number of carbonyl (C=O) groups excluding carboxylic acids is 1. The third-order valence-electron chi connectivity index (χ3n) is 1.85. The molecule has 0 spiro atoms. The van der Waals surface area contributed by atoms with E-state index in [4.69, 9.17) is 0 Å². The molecule has 0 saturated heterocycles. The molecule has 0 atom stereocenters. The molecule has 12 heavy (non-hydrogen) atoms. The first kappa shape index (κ1) is 8.91. The van der Waals surface area contributed by atoms with Crippen LogP contribution in [0.15, 0.2) is 18.2 Å². The fraction of sp³-hybridized carbons (Fsp3) is 0.300. The van der Waals surface area contributed by atoms with E-state index >= 15 is 0 Å². The maximum absolute atomic E-state index is 13.1. The highest BCUT2D eigenvalue weighted by Gasteiger charge is 2.08. The average molecular weight is 166 g/mol. The zero-order valence-corrected chi connectivity index (χ0v) is 7.23. The maximum atomic E-state index is 13.1. The molecule has 64 valence electrons. The van der Waals surface area contributed by atoms with Gasteiger partial charge in [-0.15, -0.1) is 0 Å². The summed E-state index contributed by atoms with van der Waals surface area (Å²) in [6.45, 7) is 3.29. The molecule has 1 aromatic rings. The van der Waals surface area contributed by atoms with Gasteiger partial charge in [-0.1, -0.05) is 19.1 Å². The lowest BCUT2D eigenvalue weighted by molar-refractivity contribution is 0.101. The molecule has 0 aliphatic heterocycles. The highest BCUT2D eigenvalue weighted by atomic mass is 19.1. The van der Waals surface area contributed by atoms with Crippen molar-refractivity contribution in [1.82, 2.24) is 0 Å². The van der Waals surface area contributed by atoms with Gasteiger partial charge in [0.2, 0.25) is 0 Å². The van der Waals surface area contributed by atoms with Crippen molar-refractivity contribution in [2.45, 2.75) is 20.3 Å². The lowest BCUT2D eigenvalue weighted by Gasteiger charge is -2.04. The van der Waals surface area contributed by atoms with Gasteiger partial charge < -0.3 is 0 Å². The van der Waals surface area contributed by atoms with Gasteiger partial charge >= 0.3 is 0 Å². The predicted octanol–water partition coefficient (Wildman–Crippen LogP) is 2.59. The monoisotopic (exact) mass is 166 g/mol. The van der Waals surface area contributed by atoms with Crippen molar-refractivity contribution in [2.24, 2.45) is 0 Å². The summed E-state index contributed by atoms with van der Waals surface area (Å²) in [6.07, 6.45) is 0.557. The number of halogens is 1. The van der Waals surface area contributed by atoms with E-state index in [1.807, 2.05) is 6.92 Å². The van der Waals surface area contributed by atoms with Gasteiger partial charge in [-0.25, -0.2) is 4.39 Å². The van der Waals surface area contributed by atoms with Crippen LogP contribution in [0.3, 0.4) is 0 Å².